The highest BCUT2D eigenvalue weighted by Gasteiger charge is 2.33. The van der Waals surface area contributed by atoms with Crippen LogP contribution in [-0.2, 0) is 4.79 Å². The molecular formula is C17H24BrN3O2. The molecule has 3 rings (SSSR count). The summed E-state index contributed by atoms with van der Waals surface area (Å²) >= 11 is 3.47. The molecule has 2 heterocycles. The van der Waals surface area contributed by atoms with Crippen LogP contribution in [0.3, 0.4) is 0 Å². The van der Waals surface area contributed by atoms with Gasteiger partial charge >= 0.3 is 0 Å². The first kappa shape index (κ1) is 16.9. The summed E-state index contributed by atoms with van der Waals surface area (Å²) in [5.74, 6) is 0.137. The average molecular weight is 382 g/mol. The number of halogens is 1. The zero-order chi connectivity index (χ0) is 16.4. The molecule has 0 aliphatic carbocycles. The van der Waals surface area contributed by atoms with Gasteiger partial charge < -0.3 is 15.3 Å². The van der Waals surface area contributed by atoms with Gasteiger partial charge in [-0.1, -0.05) is 28.1 Å². The Labute approximate surface area is 145 Å². The van der Waals surface area contributed by atoms with Gasteiger partial charge in [-0.05, 0) is 31.0 Å². The number of benzene rings is 1. The topological polar surface area (TPSA) is 55.8 Å². The molecule has 2 saturated heterocycles. The van der Waals surface area contributed by atoms with Crippen LogP contribution >= 0.6 is 15.9 Å². The fraction of sp³-hybridized carbons (Fsp3) is 0.588. The van der Waals surface area contributed by atoms with Crippen LogP contribution in [0.1, 0.15) is 24.9 Å². The predicted molar refractivity (Wildman–Crippen MR) is 93.1 cm³/mol. The summed E-state index contributed by atoms with van der Waals surface area (Å²) in [6.45, 7) is 6.03. The Morgan fingerprint density at radius 3 is 2.48 bits per heavy atom. The van der Waals surface area contributed by atoms with Crippen LogP contribution in [0.2, 0.25) is 0 Å². The minimum Gasteiger partial charge on any atom is -0.392 e. The summed E-state index contributed by atoms with van der Waals surface area (Å²) in [6, 6.07) is 8.59. The molecule has 1 aromatic carbocycles. The van der Waals surface area contributed by atoms with E-state index in [1.54, 1.807) is 0 Å². The fourth-order valence-corrected chi connectivity index (χ4v) is 3.67. The zero-order valence-electron chi connectivity index (χ0n) is 13.4. The monoisotopic (exact) mass is 381 g/mol. The smallest absolute Gasteiger partial charge is 0.239 e. The molecule has 0 bridgehead atoms. The molecule has 1 aromatic rings. The molecule has 2 fully saturated rings. The molecule has 0 saturated carbocycles. The number of β-amino-alcohol motifs (C(OH)–C–C–N with tert-alkyl or cyclic N) is 1. The van der Waals surface area contributed by atoms with E-state index in [9.17, 15) is 9.90 Å². The molecule has 3 atom stereocenters. The van der Waals surface area contributed by atoms with E-state index in [1.807, 2.05) is 4.90 Å². The largest absolute Gasteiger partial charge is 0.392 e. The number of aliphatic hydroxyl groups is 1. The van der Waals surface area contributed by atoms with Crippen LogP contribution in [0.5, 0.6) is 0 Å². The van der Waals surface area contributed by atoms with Crippen molar-refractivity contribution >= 4 is 21.8 Å². The van der Waals surface area contributed by atoms with Gasteiger partial charge in [0.25, 0.3) is 0 Å². The molecule has 2 N–H and O–H groups in total. The van der Waals surface area contributed by atoms with Gasteiger partial charge in [0.05, 0.1) is 12.1 Å². The summed E-state index contributed by atoms with van der Waals surface area (Å²) in [6.07, 6.45) is 0.150. The van der Waals surface area contributed by atoms with Crippen molar-refractivity contribution in [1.82, 2.24) is 15.1 Å². The van der Waals surface area contributed by atoms with Crippen LogP contribution in [0, 0.1) is 0 Å². The minimum absolute atomic E-state index is 0.137. The molecule has 5 nitrogen and oxygen atoms in total. The lowest BCUT2D eigenvalue weighted by molar-refractivity contribution is -0.135. The van der Waals surface area contributed by atoms with Crippen LogP contribution < -0.4 is 5.32 Å². The minimum atomic E-state index is -0.386. The van der Waals surface area contributed by atoms with Gasteiger partial charge in [0.2, 0.25) is 5.91 Å². The Balaban J connectivity index is 1.53. The van der Waals surface area contributed by atoms with Crippen molar-refractivity contribution in [2.45, 2.75) is 31.5 Å². The standard InChI is InChI=1S/C17H24BrN3O2/c1-12(13-2-4-14(18)5-3-13)20-6-8-21(9-7-20)17(23)16-10-15(22)11-19-16/h2-5,12,15-16,19,22H,6-11H2,1H3. The lowest BCUT2D eigenvalue weighted by Crippen LogP contribution is -2.53. The summed E-state index contributed by atoms with van der Waals surface area (Å²) in [7, 11) is 0. The van der Waals surface area contributed by atoms with E-state index in [1.165, 1.54) is 5.56 Å². The van der Waals surface area contributed by atoms with Crippen LogP contribution in [0.4, 0.5) is 0 Å². The summed E-state index contributed by atoms with van der Waals surface area (Å²) < 4.78 is 1.09. The van der Waals surface area contributed by atoms with Crippen molar-refractivity contribution in [1.29, 1.82) is 0 Å². The Morgan fingerprint density at radius 1 is 1.26 bits per heavy atom. The van der Waals surface area contributed by atoms with Crippen molar-refractivity contribution in [3.05, 3.63) is 34.3 Å². The lowest BCUT2D eigenvalue weighted by atomic mass is 10.1. The number of nitrogens with zero attached hydrogens (tertiary/aromatic N) is 2. The van der Waals surface area contributed by atoms with E-state index in [0.29, 0.717) is 19.0 Å². The van der Waals surface area contributed by atoms with Gasteiger partial charge in [-0.25, -0.2) is 0 Å². The lowest BCUT2D eigenvalue weighted by Gasteiger charge is -2.39. The zero-order valence-corrected chi connectivity index (χ0v) is 15.0. The molecule has 126 valence electrons. The number of carbonyl (C=O) groups excluding carboxylic acids is 1. The van der Waals surface area contributed by atoms with Crippen molar-refractivity contribution in [3.8, 4) is 0 Å². The van der Waals surface area contributed by atoms with E-state index in [0.717, 1.165) is 30.7 Å². The van der Waals surface area contributed by atoms with Gasteiger partial charge in [0, 0.05) is 43.2 Å². The summed E-state index contributed by atoms with van der Waals surface area (Å²) in [5, 5.41) is 12.7. The second-order valence-corrected chi connectivity index (χ2v) is 7.35. The molecule has 23 heavy (non-hydrogen) atoms. The quantitative estimate of drug-likeness (QED) is 0.830. The maximum atomic E-state index is 12.5. The van der Waals surface area contributed by atoms with E-state index in [4.69, 9.17) is 0 Å². The van der Waals surface area contributed by atoms with Gasteiger partial charge in [-0.2, -0.15) is 0 Å². The summed E-state index contributed by atoms with van der Waals surface area (Å²) in [4.78, 5) is 16.8. The van der Waals surface area contributed by atoms with Crippen molar-refractivity contribution in [2.75, 3.05) is 32.7 Å². The molecule has 2 aliphatic heterocycles. The average Bonchev–Trinajstić information content (AvgIpc) is 3.01. The number of carbonyl (C=O) groups is 1. The summed E-state index contributed by atoms with van der Waals surface area (Å²) in [5.41, 5.74) is 1.30. The molecule has 2 aliphatic rings. The maximum Gasteiger partial charge on any atom is 0.239 e. The Hall–Kier alpha value is -0.950. The number of piperazine rings is 1. The van der Waals surface area contributed by atoms with Gasteiger partial charge in [-0.3, -0.25) is 9.69 Å². The van der Waals surface area contributed by atoms with Crippen molar-refractivity contribution < 1.29 is 9.90 Å². The number of hydrogen-bond donors (Lipinski definition) is 2. The Bertz CT molecular complexity index is 543. The number of aliphatic hydroxyl groups excluding tert-OH is 1. The third-order valence-corrected chi connectivity index (χ3v) is 5.46. The number of nitrogens with one attached hydrogen (secondary N) is 1. The molecule has 1 amide bonds. The number of amides is 1. The number of hydrogen-bond acceptors (Lipinski definition) is 4. The first-order chi connectivity index (χ1) is 11.0. The van der Waals surface area contributed by atoms with Crippen LogP contribution in [0.15, 0.2) is 28.7 Å². The normalized spacial score (nSPS) is 27.2. The molecule has 3 unspecified atom stereocenters. The van der Waals surface area contributed by atoms with Gasteiger partial charge in [0.1, 0.15) is 0 Å². The fourth-order valence-electron chi connectivity index (χ4n) is 3.41. The van der Waals surface area contributed by atoms with E-state index >= 15 is 0 Å². The van der Waals surface area contributed by atoms with Gasteiger partial charge in [0.15, 0.2) is 0 Å². The molecule has 0 radical (unpaired) electrons. The molecule has 0 spiro atoms. The molecular weight excluding hydrogens is 358 g/mol. The Morgan fingerprint density at radius 2 is 1.91 bits per heavy atom. The van der Waals surface area contributed by atoms with E-state index in [2.05, 4.69) is 57.3 Å². The molecule has 6 heteroatoms. The second kappa shape index (κ2) is 7.30. The maximum absolute atomic E-state index is 12.5. The Kier molecular flexibility index (Phi) is 5.36. The third-order valence-electron chi connectivity index (χ3n) is 4.93. The van der Waals surface area contributed by atoms with E-state index < -0.39 is 0 Å². The highest BCUT2D eigenvalue weighted by Crippen LogP contribution is 2.23. The SMILES string of the molecule is CC(c1ccc(Br)cc1)N1CCN(C(=O)C2CC(O)CN2)CC1. The first-order valence-corrected chi connectivity index (χ1v) is 9.03. The highest BCUT2D eigenvalue weighted by molar-refractivity contribution is 9.10. The predicted octanol–water partition coefficient (Wildman–Crippen LogP) is 1.38. The molecule has 0 aromatic heterocycles. The van der Waals surface area contributed by atoms with Crippen LogP contribution in [0.25, 0.3) is 0 Å². The third kappa shape index (κ3) is 3.94. The van der Waals surface area contributed by atoms with Crippen LogP contribution in [-0.4, -0.2) is 65.7 Å². The first-order valence-electron chi connectivity index (χ1n) is 8.24. The van der Waals surface area contributed by atoms with E-state index in [-0.39, 0.29) is 18.1 Å². The van der Waals surface area contributed by atoms with Crippen molar-refractivity contribution in [2.24, 2.45) is 0 Å². The number of rotatable bonds is 3. The van der Waals surface area contributed by atoms with Gasteiger partial charge in [-0.15, -0.1) is 0 Å². The van der Waals surface area contributed by atoms with Crippen molar-refractivity contribution in [3.63, 3.8) is 0 Å². The second-order valence-electron chi connectivity index (χ2n) is 6.44. The highest BCUT2D eigenvalue weighted by atomic mass is 79.9.